The number of rotatable bonds is 2. The van der Waals surface area contributed by atoms with Gasteiger partial charge in [-0.05, 0) is 6.08 Å². The number of nitrogens with zero attached hydrogens (tertiary/aromatic N) is 2. The van der Waals surface area contributed by atoms with Crippen molar-refractivity contribution in [2.24, 2.45) is 7.05 Å². The molecule has 0 aliphatic carbocycles. The number of aliphatic hydroxyl groups is 1. The molecule has 4 heteroatoms. The summed E-state index contributed by atoms with van der Waals surface area (Å²) >= 11 is 0. The molecule has 1 aliphatic heterocycles. The highest BCUT2D eigenvalue weighted by Gasteiger charge is 2.19. The van der Waals surface area contributed by atoms with Crippen molar-refractivity contribution < 1.29 is 9.84 Å². The second-order valence-corrected chi connectivity index (χ2v) is 3.11. The van der Waals surface area contributed by atoms with Crippen molar-refractivity contribution in [2.45, 2.75) is 12.5 Å². The highest BCUT2D eigenvalue weighted by atomic mass is 16.5. The van der Waals surface area contributed by atoms with E-state index in [2.05, 4.69) is 4.98 Å². The van der Waals surface area contributed by atoms with Crippen LogP contribution in [0.3, 0.4) is 0 Å². The highest BCUT2D eigenvalue weighted by molar-refractivity contribution is 5.15. The first-order valence-corrected chi connectivity index (χ1v) is 4.26. The Labute approximate surface area is 76.5 Å². The Balaban J connectivity index is 2.16. The van der Waals surface area contributed by atoms with Crippen LogP contribution in [0.2, 0.25) is 0 Å². The second-order valence-electron chi connectivity index (χ2n) is 3.11. The quantitative estimate of drug-likeness (QED) is 0.730. The summed E-state index contributed by atoms with van der Waals surface area (Å²) in [5.74, 6) is 0.624. The average Bonchev–Trinajstić information content (AvgIpc) is 2.72. The van der Waals surface area contributed by atoms with Crippen molar-refractivity contribution in [3.05, 3.63) is 30.1 Å². The van der Waals surface area contributed by atoms with Crippen LogP contribution >= 0.6 is 0 Å². The number of aromatic nitrogens is 2. The molecular weight excluding hydrogens is 168 g/mol. The first-order valence-electron chi connectivity index (χ1n) is 4.26. The van der Waals surface area contributed by atoms with Gasteiger partial charge >= 0.3 is 0 Å². The molecule has 1 aliphatic rings. The zero-order valence-electron chi connectivity index (χ0n) is 7.47. The zero-order valence-corrected chi connectivity index (χ0v) is 7.47. The van der Waals surface area contributed by atoms with Gasteiger partial charge in [0, 0.05) is 19.7 Å². The van der Waals surface area contributed by atoms with Crippen LogP contribution < -0.4 is 0 Å². The lowest BCUT2D eigenvalue weighted by atomic mass is 10.2. The van der Waals surface area contributed by atoms with E-state index in [0.717, 1.165) is 6.42 Å². The van der Waals surface area contributed by atoms with Crippen LogP contribution in [0, 0.1) is 0 Å². The van der Waals surface area contributed by atoms with Gasteiger partial charge in [-0.2, -0.15) is 0 Å². The highest BCUT2D eigenvalue weighted by Crippen LogP contribution is 2.24. The molecule has 0 aromatic carbocycles. The summed E-state index contributed by atoms with van der Waals surface area (Å²) in [5.41, 5.74) is 0.635. The Morgan fingerprint density at radius 2 is 2.54 bits per heavy atom. The fourth-order valence-corrected chi connectivity index (χ4v) is 1.35. The summed E-state index contributed by atoms with van der Waals surface area (Å²) in [6.07, 6.45) is 5.52. The molecule has 0 radical (unpaired) electrons. The predicted octanol–water partition coefficient (Wildman–Crippen LogP) is 0.758. The van der Waals surface area contributed by atoms with Crippen LogP contribution in [0.1, 0.15) is 18.2 Å². The van der Waals surface area contributed by atoms with E-state index < -0.39 is 6.10 Å². The summed E-state index contributed by atoms with van der Waals surface area (Å²) in [6.45, 7) is 0.666. The molecule has 1 aromatic rings. The normalized spacial score (nSPS) is 18.2. The third-order valence-electron chi connectivity index (χ3n) is 2.01. The summed E-state index contributed by atoms with van der Waals surface area (Å²) in [5, 5.41) is 9.76. The Hall–Kier alpha value is -1.29. The van der Waals surface area contributed by atoms with Crippen molar-refractivity contribution in [1.82, 2.24) is 9.55 Å². The number of imidazole rings is 1. The van der Waals surface area contributed by atoms with Crippen LogP contribution in [-0.4, -0.2) is 21.3 Å². The van der Waals surface area contributed by atoms with Crippen molar-refractivity contribution in [1.29, 1.82) is 0 Å². The lowest BCUT2D eigenvalue weighted by Crippen LogP contribution is -2.02. The van der Waals surface area contributed by atoms with Crippen LogP contribution in [0.15, 0.2) is 24.4 Å². The molecule has 13 heavy (non-hydrogen) atoms. The van der Waals surface area contributed by atoms with Crippen LogP contribution in [0.25, 0.3) is 0 Å². The van der Waals surface area contributed by atoms with Gasteiger partial charge in [-0.3, -0.25) is 0 Å². The van der Waals surface area contributed by atoms with Crippen molar-refractivity contribution >= 4 is 0 Å². The largest absolute Gasteiger partial charge is 0.495 e. The summed E-state index contributed by atoms with van der Waals surface area (Å²) in [4.78, 5) is 4.05. The second kappa shape index (κ2) is 3.22. The van der Waals surface area contributed by atoms with E-state index in [0.29, 0.717) is 18.1 Å². The molecule has 2 heterocycles. The minimum atomic E-state index is -0.705. The molecule has 0 fully saturated rings. The van der Waals surface area contributed by atoms with Crippen LogP contribution in [0.5, 0.6) is 0 Å². The third-order valence-corrected chi connectivity index (χ3v) is 2.01. The maximum absolute atomic E-state index is 9.76. The third kappa shape index (κ3) is 1.58. The standard InChI is InChI=1S/C9H12N2O2/c1-11-5-7(10-6-11)9(12)8-3-2-4-13-8/h3,5-6,9,12H,2,4H2,1H3. The first-order chi connectivity index (χ1) is 6.27. The maximum Gasteiger partial charge on any atom is 0.154 e. The van der Waals surface area contributed by atoms with Gasteiger partial charge in [0.25, 0.3) is 0 Å². The fraction of sp³-hybridized carbons (Fsp3) is 0.444. The monoisotopic (exact) mass is 180 g/mol. The van der Waals surface area contributed by atoms with E-state index in [-0.39, 0.29) is 0 Å². The minimum Gasteiger partial charge on any atom is -0.495 e. The van der Waals surface area contributed by atoms with E-state index in [9.17, 15) is 5.11 Å². The molecule has 0 spiro atoms. The first kappa shape index (κ1) is 8.31. The van der Waals surface area contributed by atoms with Crippen LogP contribution in [-0.2, 0) is 11.8 Å². The van der Waals surface area contributed by atoms with Gasteiger partial charge in [-0.25, -0.2) is 4.98 Å². The molecule has 1 atom stereocenters. The lowest BCUT2D eigenvalue weighted by molar-refractivity contribution is 0.116. The molecule has 1 unspecified atom stereocenters. The Morgan fingerprint density at radius 1 is 1.69 bits per heavy atom. The van der Waals surface area contributed by atoms with E-state index in [1.165, 1.54) is 0 Å². The zero-order chi connectivity index (χ0) is 9.26. The number of hydrogen-bond donors (Lipinski definition) is 1. The number of hydrogen-bond acceptors (Lipinski definition) is 3. The molecule has 0 saturated carbocycles. The van der Waals surface area contributed by atoms with E-state index in [4.69, 9.17) is 4.74 Å². The number of ether oxygens (including phenoxy) is 1. The topological polar surface area (TPSA) is 47.3 Å². The molecule has 1 aromatic heterocycles. The molecular formula is C9H12N2O2. The smallest absolute Gasteiger partial charge is 0.154 e. The summed E-state index contributed by atoms with van der Waals surface area (Å²) in [6, 6.07) is 0. The molecule has 0 amide bonds. The van der Waals surface area contributed by atoms with Crippen molar-refractivity contribution in [3.8, 4) is 0 Å². The van der Waals surface area contributed by atoms with Gasteiger partial charge in [0.1, 0.15) is 5.76 Å². The SMILES string of the molecule is Cn1cnc(C(O)C2=CCCO2)c1. The molecule has 0 saturated heterocycles. The Bertz CT molecular complexity index is 330. The molecule has 2 rings (SSSR count). The van der Waals surface area contributed by atoms with Gasteiger partial charge in [-0.15, -0.1) is 0 Å². The van der Waals surface area contributed by atoms with Crippen molar-refractivity contribution in [2.75, 3.05) is 6.61 Å². The van der Waals surface area contributed by atoms with Gasteiger partial charge in [0.2, 0.25) is 0 Å². The Kier molecular flexibility index (Phi) is 2.06. The van der Waals surface area contributed by atoms with Gasteiger partial charge in [0.05, 0.1) is 18.6 Å². The summed E-state index contributed by atoms with van der Waals surface area (Å²) < 4.78 is 7.04. The maximum atomic E-state index is 9.76. The lowest BCUT2D eigenvalue weighted by Gasteiger charge is -2.08. The molecule has 4 nitrogen and oxygen atoms in total. The van der Waals surface area contributed by atoms with E-state index in [1.54, 1.807) is 17.1 Å². The van der Waals surface area contributed by atoms with Crippen molar-refractivity contribution in [3.63, 3.8) is 0 Å². The van der Waals surface area contributed by atoms with Gasteiger partial charge < -0.3 is 14.4 Å². The van der Waals surface area contributed by atoms with E-state index in [1.807, 2.05) is 13.1 Å². The summed E-state index contributed by atoms with van der Waals surface area (Å²) in [7, 11) is 1.87. The van der Waals surface area contributed by atoms with E-state index >= 15 is 0 Å². The number of aryl methyl sites for hydroxylation is 1. The molecule has 1 N–H and O–H groups in total. The number of aliphatic hydroxyl groups excluding tert-OH is 1. The Morgan fingerprint density at radius 3 is 3.08 bits per heavy atom. The van der Waals surface area contributed by atoms with Crippen LogP contribution in [0.4, 0.5) is 0 Å². The fourth-order valence-electron chi connectivity index (χ4n) is 1.35. The van der Waals surface area contributed by atoms with Gasteiger partial charge in [0.15, 0.2) is 6.10 Å². The van der Waals surface area contributed by atoms with Gasteiger partial charge in [-0.1, -0.05) is 0 Å². The average molecular weight is 180 g/mol. The molecule has 70 valence electrons. The molecule has 0 bridgehead atoms. The minimum absolute atomic E-state index is 0.624. The predicted molar refractivity (Wildman–Crippen MR) is 46.8 cm³/mol.